The summed E-state index contributed by atoms with van der Waals surface area (Å²) in [5.74, 6) is 0. The Morgan fingerprint density at radius 1 is 1.28 bits per heavy atom. The standard InChI is InChI=1S/C14H19IO3/c1-3-5-13(4-2)18-14(16)17-10-11-6-8-12(15)9-7-11/h6-9,13H,3-5,10H2,1-2H3/t13-/m0/s1. The second-order valence-corrected chi connectivity index (χ2v) is 5.35. The molecule has 1 aromatic rings. The molecule has 0 amide bonds. The lowest BCUT2D eigenvalue weighted by atomic mass is 10.2. The number of rotatable bonds is 6. The molecule has 0 unspecified atom stereocenters. The first-order valence-corrected chi connectivity index (χ1v) is 7.31. The Morgan fingerprint density at radius 3 is 2.50 bits per heavy atom. The van der Waals surface area contributed by atoms with Crippen LogP contribution in [0, 0.1) is 3.57 Å². The Bertz CT molecular complexity index is 362. The zero-order valence-corrected chi connectivity index (χ0v) is 13.0. The van der Waals surface area contributed by atoms with Crippen LogP contribution < -0.4 is 0 Å². The molecule has 0 spiro atoms. The van der Waals surface area contributed by atoms with Crippen molar-refractivity contribution >= 4 is 28.7 Å². The minimum absolute atomic E-state index is 0.0285. The molecule has 0 radical (unpaired) electrons. The first-order chi connectivity index (χ1) is 8.65. The van der Waals surface area contributed by atoms with Gasteiger partial charge in [-0.25, -0.2) is 4.79 Å². The van der Waals surface area contributed by atoms with Crippen molar-refractivity contribution < 1.29 is 14.3 Å². The Hall–Kier alpha value is -0.780. The normalized spacial score (nSPS) is 11.9. The van der Waals surface area contributed by atoms with E-state index in [2.05, 4.69) is 29.5 Å². The van der Waals surface area contributed by atoms with Crippen molar-refractivity contribution in [2.24, 2.45) is 0 Å². The third-order valence-corrected chi connectivity index (χ3v) is 3.32. The zero-order chi connectivity index (χ0) is 13.4. The largest absolute Gasteiger partial charge is 0.508 e. The number of hydrogen-bond donors (Lipinski definition) is 0. The van der Waals surface area contributed by atoms with Crippen LogP contribution in [0.3, 0.4) is 0 Å². The molecule has 0 N–H and O–H groups in total. The van der Waals surface area contributed by atoms with E-state index in [-0.39, 0.29) is 12.7 Å². The van der Waals surface area contributed by atoms with Gasteiger partial charge in [0.25, 0.3) is 0 Å². The van der Waals surface area contributed by atoms with Crippen molar-refractivity contribution in [2.75, 3.05) is 0 Å². The second-order valence-electron chi connectivity index (χ2n) is 4.10. The lowest BCUT2D eigenvalue weighted by Gasteiger charge is -2.14. The minimum Gasteiger partial charge on any atom is -0.431 e. The van der Waals surface area contributed by atoms with Gasteiger partial charge in [0.15, 0.2) is 0 Å². The van der Waals surface area contributed by atoms with E-state index in [1.807, 2.05) is 31.2 Å². The van der Waals surface area contributed by atoms with Crippen LogP contribution in [-0.2, 0) is 16.1 Å². The average molecular weight is 362 g/mol. The number of hydrogen-bond acceptors (Lipinski definition) is 3. The van der Waals surface area contributed by atoms with E-state index in [4.69, 9.17) is 9.47 Å². The molecule has 0 aliphatic carbocycles. The summed E-state index contributed by atoms with van der Waals surface area (Å²) < 4.78 is 11.5. The molecular formula is C14H19IO3. The highest BCUT2D eigenvalue weighted by molar-refractivity contribution is 14.1. The molecule has 1 atom stereocenters. The number of halogens is 1. The van der Waals surface area contributed by atoms with Crippen molar-refractivity contribution in [3.63, 3.8) is 0 Å². The predicted molar refractivity (Wildman–Crippen MR) is 79.4 cm³/mol. The molecule has 0 aromatic heterocycles. The van der Waals surface area contributed by atoms with Crippen LogP contribution in [0.4, 0.5) is 4.79 Å². The lowest BCUT2D eigenvalue weighted by Crippen LogP contribution is -2.18. The molecule has 0 saturated carbocycles. The fourth-order valence-corrected chi connectivity index (χ4v) is 1.92. The number of carbonyl (C=O) groups is 1. The number of ether oxygens (including phenoxy) is 2. The SMILES string of the molecule is CCC[C@H](CC)OC(=O)OCc1ccc(I)cc1. The predicted octanol–water partition coefficient (Wildman–Crippen LogP) is 4.52. The highest BCUT2D eigenvalue weighted by Crippen LogP contribution is 2.10. The van der Waals surface area contributed by atoms with Gasteiger partial charge in [0.1, 0.15) is 12.7 Å². The fourth-order valence-electron chi connectivity index (χ4n) is 1.56. The second kappa shape index (κ2) is 8.34. The van der Waals surface area contributed by atoms with Crippen molar-refractivity contribution in [2.45, 2.75) is 45.8 Å². The summed E-state index contributed by atoms with van der Waals surface area (Å²) in [5, 5.41) is 0. The van der Waals surface area contributed by atoms with Gasteiger partial charge in [0.05, 0.1) is 0 Å². The summed E-state index contributed by atoms with van der Waals surface area (Å²) in [7, 11) is 0. The maximum Gasteiger partial charge on any atom is 0.508 e. The molecule has 3 nitrogen and oxygen atoms in total. The van der Waals surface area contributed by atoms with Gasteiger partial charge in [-0.15, -0.1) is 0 Å². The van der Waals surface area contributed by atoms with Crippen molar-refractivity contribution in [1.82, 2.24) is 0 Å². The molecule has 0 aliphatic rings. The van der Waals surface area contributed by atoms with Crippen LogP contribution in [0.2, 0.25) is 0 Å². The molecule has 1 aromatic carbocycles. The Labute approximate surface area is 122 Å². The summed E-state index contributed by atoms with van der Waals surface area (Å²) in [6.07, 6.45) is 2.11. The first kappa shape index (κ1) is 15.3. The van der Waals surface area contributed by atoms with Crippen LogP contribution in [0.15, 0.2) is 24.3 Å². The lowest BCUT2D eigenvalue weighted by molar-refractivity contribution is 0.0150. The minimum atomic E-state index is -0.575. The van der Waals surface area contributed by atoms with Crippen molar-refractivity contribution in [3.8, 4) is 0 Å². The molecule has 0 heterocycles. The van der Waals surface area contributed by atoms with Crippen LogP contribution in [0.25, 0.3) is 0 Å². The van der Waals surface area contributed by atoms with E-state index in [1.54, 1.807) is 0 Å². The van der Waals surface area contributed by atoms with Gasteiger partial charge >= 0.3 is 6.16 Å². The zero-order valence-electron chi connectivity index (χ0n) is 10.8. The van der Waals surface area contributed by atoms with Gasteiger partial charge in [0, 0.05) is 3.57 Å². The summed E-state index contributed by atoms with van der Waals surface area (Å²) in [6, 6.07) is 7.85. The number of benzene rings is 1. The van der Waals surface area contributed by atoms with Crippen LogP contribution >= 0.6 is 22.6 Å². The molecule has 100 valence electrons. The molecule has 4 heteroatoms. The maximum absolute atomic E-state index is 11.5. The fraction of sp³-hybridized carbons (Fsp3) is 0.500. The Kier molecular flexibility index (Phi) is 7.08. The molecule has 1 rings (SSSR count). The monoisotopic (exact) mass is 362 g/mol. The molecule has 0 fully saturated rings. The smallest absolute Gasteiger partial charge is 0.431 e. The number of carbonyl (C=O) groups excluding carboxylic acids is 1. The van der Waals surface area contributed by atoms with E-state index in [0.717, 1.165) is 28.4 Å². The molecule has 0 aliphatic heterocycles. The average Bonchev–Trinajstić information content (AvgIpc) is 2.37. The summed E-state index contributed by atoms with van der Waals surface area (Å²) >= 11 is 2.24. The third-order valence-electron chi connectivity index (χ3n) is 2.60. The van der Waals surface area contributed by atoms with Crippen LogP contribution in [-0.4, -0.2) is 12.3 Å². The van der Waals surface area contributed by atoms with Crippen molar-refractivity contribution in [3.05, 3.63) is 33.4 Å². The maximum atomic E-state index is 11.5. The summed E-state index contributed by atoms with van der Waals surface area (Å²) in [4.78, 5) is 11.5. The Balaban J connectivity index is 2.34. The topological polar surface area (TPSA) is 35.5 Å². The van der Waals surface area contributed by atoms with Gasteiger partial charge in [-0.2, -0.15) is 0 Å². The highest BCUT2D eigenvalue weighted by Gasteiger charge is 2.12. The van der Waals surface area contributed by atoms with E-state index in [9.17, 15) is 4.79 Å². The van der Waals surface area contributed by atoms with E-state index in [0.29, 0.717) is 0 Å². The van der Waals surface area contributed by atoms with Gasteiger partial charge in [-0.1, -0.05) is 32.4 Å². The summed E-state index contributed by atoms with van der Waals surface area (Å²) in [6.45, 7) is 4.34. The van der Waals surface area contributed by atoms with Crippen molar-refractivity contribution in [1.29, 1.82) is 0 Å². The molecular weight excluding hydrogens is 343 g/mol. The Morgan fingerprint density at radius 2 is 1.94 bits per heavy atom. The van der Waals surface area contributed by atoms with Crippen LogP contribution in [0.5, 0.6) is 0 Å². The van der Waals surface area contributed by atoms with Gasteiger partial charge in [-0.05, 0) is 53.1 Å². The van der Waals surface area contributed by atoms with Gasteiger partial charge < -0.3 is 9.47 Å². The first-order valence-electron chi connectivity index (χ1n) is 6.23. The van der Waals surface area contributed by atoms with E-state index >= 15 is 0 Å². The van der Waals surface area contributed by atoms with Gasteiger partial charge in [0.2, 0.25) is 0 Å². The third kappa shape index (κ3) is 5.71. The van der Waals surface area contributed by atoms with Crippen LogP contribution in [0.1, 0.15) is 38.7 Å². The summed E-state index contributed by atoms with van der Waals surface area (Å²) in [5.41, 5.74) is 0.968. The van der Waals surface area contributed by atoms with Gasteiger partial charge in [-0.3, -0.25) is 0 Å². The molecule has 18 heavy (non-hydrogen) atoms. The molecule has 0 saturated heterocycles. The quantitative estimate of drug-likeness (QED) is 0.551. The molecule has 0 bridgehead atoms. The van der Waals surface area contributed by atoms with E-state index in [1.165, 1.54) is 0 Å². The highest BCUT2D eigenvalue weighted by atomic mass is 127. The van der Waals surface area contributed by atoms with E-state index < -0.39 is 6.16 Å².